The summed E-state index contributed by atoms with van der Waals surface area (Å²) >= 11 is 4.96. The molecule has 0 aliphatic heterocycles. The van der Waals surface area contributed by atoms with Gasteiger partial charge in [0.05, 0.1) is 12.2 Å². The van der Waals surface area contributed by atoms with Crippen LogP contribution >= 0.6 is 12.2 Å². The fourth-order valence-electron chi connectivity index (χ4n) is 1.77. The average Bonchev–Trinajstić information content (AvgIpc) is 2.75. The van der Waals surface area contributed by atoms with Crippen molar-refractivity contribution in [1.29, 1.82) is 0 Å². The number of nitrogens with zero attached hydrogens (tertiary/aromatic N) is 3. The molecule has 0 aliphatic rings. The number of ether oxygens (including phenoxy) is 1. The van der Waals surface area contributed by atoms with E-state index in [1.807, 2.05) is 24.3 Å². The highest BCUT2D eigenvalue weighted by atomic mass is 32.1. The van der Waals surface area contributed by atoms with Crippen molar-refractivity contribution in [3.63, 3.8) is 0 Å². The van der Waals surface area contributed by atoms with Crippen LogP contribution in [0.15, 0.2) is 35.4 Å². The zero-order valence-electron chi connectivity index (χ0n) is 11.2. The van der Waals surface area contributed by atoms with E-state index >= 15 is 0 Å². The summed E-state index contributed by atoms with van der Waals surface area (Å²) in [7, 11) is 1.67. The number of aryl methyl sites for hydroxylation is 2. The van der Waals surface area contributed by atoms with Crippen LogP contribution in [0.3, 0.4) is 0 Å². The van der Waals surface area contributed by atoms with Crippen molar-refractivity contribution < 1.29 is 4.74 Å². The van der Waals surface area contributed by atoms with Crippen molar-refractivity contribution in [1.82, 2.24) is 14.3 Å². The van der Waals surface area contributed by atoms with Crippen LogP contribution in [-0.4, -0.2) is 25.9 Å². The molecule has 20 heavy (non-hydrogen) atoms. The molecule has 0 saturated carbocycles. The maximum absolute atomic E-state index is 11.6. The first-order chi connectivity index (χ1) is 9.59. The molecule has 1 aromatic heterocycles. The topological polar surface area (TPSA) is 75.1 Å². The summed E-state index contributed by atoms with van der Waals surface area (Å²) in [6.45, 7) is 0.970. The standard InChI is InChI=1S/C13H16N4O2S/c1-16-9-15-17(13(16)18)7-4-8-19-11-6-3-2-5-10(11)12(14)20/h2-3,5-6,9H,4,7-8H2,1H3,(H2,14,20). The third-order valence-electron chi connectivity index (χ3n) is 2.81. The van der Waals surface area contributed by atoms with E-state index in [0.717, 1.165) is 5.56 Å². The summed E-state index contributed by atoms with van der Waals surface area (Å²) in [5.41, 5.74) is 6.21. The van der Waals surface area contributed by atoms with Crippen LogP contribution in [0.4, 0.5) is 0 Å². The summed E-state index contributed by atoms with van der Waals surface area (Å²) < 4.78 is 8.49. The Kier molecular flexibility index (Phi) is 4.52. The number of thiocarbonyl (C=S) groups is 1. The Hall–Kier alpha value is -2.15. The first-order valence-corrected chi connectivity index (χ1v) is 6.60. The van der Waals surface area contributed by atoms with Crippen molar-refractivity contribution in [2.24, 2.45) is 12.8 Å². The molecule has 1 aromatic carbocycles. The molecular formula is C13H16N4O2S. The van der Waals surface area contributed by atoms with Crippen LogP contribution in [0.1, 0.15) is 12.0 Å². The molecule has 0 atom stereocenters. The van der Waals surface area contributed by atoms with E-state index in [1.165, 1.54) is 15.6 Å². The molecule has 0 aliphatic carbocycles. The lowest BCUT2D eigenvalue weighted by Gasteiger charge is -2.10. The molecule has 0 fully saturated rings. The van der Waals surface area contributed by atoms with Gasteiger partial charge in [-0.25, -0.2) is 9.48 Å². The van der Waals surface area contributed by atoms with Gasteiger partial charge < -0.3 is 10.5 Å². The van der Waals surface area contributed by atoms with Crippen molar-refractivity contribution in [3.05, 3.63) is 46.6 Å². The predicted molar refractivity (Wildman–Crippen MR) is 79.9 cm³/mol. The molecule has 1 heterocycles. The average molecular weight is 292 g/mol. The highest BCUT2D eigenvalue weighted by molar-refractivity contribution is 7.80. The van der Waals surface area contributed by atoms with Gasteiger partial charge in [0.2, 0.25) is 0 Å². The summed E-state index contributed by atoms with van der Waals surface area (Å²) in [5, 5.41) is 3.98. The minimum atomic E-state index is -0.131. The zero-order chi connectivity index (χ0) is 14.5. The smallest absolute Gasteiger partial charge is 0.345 e. The molecule has 0 radical (unpaired) electrons. The Labute approximate surface area is 121 Å². The monoisotopic (exact) mass is 292 g/mol. The van der Waals surface area contributed by atoms with Gasteiger partial charge in [0.15, 0.2) is 0 Å². The normalized spacial score (nSPS) is 10.4. The number of benzene rings is 1. The Balaban J connectivity index is 1.89. The second-order valence-electron chi connectivity index (χ2n) is 4.31. The third kappa shape index (κ3) is 3.24. The van der Waals surface area contributed by atoms with Crippen LogP contribution in [0.25, 0.3) is 0 Å². The number of nitrogens with two attached hydrogens (primary N) is 1. The zero-order valence-corrected chi connectivity index (χ0v) is 12.0. The number of hydrogen-bond acceptors (Lipinski definition) is 4. The first-order valence-electron chi connectivity index (χ1n) is 6.19. The Bertz CT molecular complexity index is 662. The van der Waals surface area contributed by atoms with Crippen LogP contribution in [-0.2, 0) is 13.6 Å². The van der Waals surface area contributed by atoms with E-state index in [2.05, 4.69) is 5.10 Å². The number of hydrogen-bond donors (Lipinski definition) is 1. The second-order valence-corrected chi connectivity index (χ2v) is 4.75. The van der Waals surface area contributed by atoms with Crippen molar-refractivity contribution in [2.45, 2.75) is 13.0 Å². The first kappa shape index (κ1) is 14.3. The van der Waals surface area contributed by atoms with E-state index in [1.54, 1.807) is 7.05 Å². The Morgan fingerprint density at radius 2 is 2.20 bits per heavy atom. The number of rotatable bonds is 6. The van der Waals surface area contributed by atoms with Gasteiger partial charge in [0.1, 0.15) is 17.1 Å². The number of aromatic nitrogens is 3. The van der Waals surface area contributed by atoms with Crippen LogP contribution < -0.4 is 16.2 Å². The summed E-state index contributed by atoms with van der Waals surface area (Å²) in [6.07, 6.45) is 2.16. The fourth-order valence-corrected chi connectivity index (χ4v) is 1.94. The predicted octanol–water partition coefficient (Wildman–Crippen LogP) is 0.685. The highest BCUT2D eigenvalue weighted by Crippen LogP contribution is 2.17. The van der Waals surface area contributed by atoms with Crippen LogP contribution in [0.5, 0.6) is 5.75 Å². The van der Waals surface area contributed by atoms with Gasteiger partial charge in [0.25, 0.3) is 0 Å². The molecule has 2 N–H and O–H groups in total. The van der Waals surface area contributed by atoms with Crippen molar-refractivity contribution >= 4 is 17.2 Å². The molecule has 0 bridgehead atoms. The van der Waals surface area contributed by atoms with Gasteiger partial charge in [-0.2, -0.15) is 5.10 Å². The van der Waals surface area contributed by atoms with Gasteiger partial charge in [-0.05, 0) is 12.1 Å². The molecule has 2 aromatic rings. The molecule has 0 unspecified atom stereocenters. The molecule has 0 amide bonds. The summed E-state index contributed by atoms with van der Waals surface area (Å²) in [4.78, 5) is 11.9. The van der Waals surface area contributed by atoms with Gasteiger partial charge in [0, 0.05) is 20.0 Å². The van der Waals surface area contributed by atoms with E-state index in [4.69, 9.17) is 22.7 Å². The van der Waals surface area contributed by atoms with E-state index in [0.29, 0.717) is 30.3 Å². The third-order valence-corrected chi connectivity index (χ3v) is 3.03. The largest absolute Gasteiger partial charge is 0.493 e. The lowest BCUT2D eigenvalue weighted by Crippen LogP contribution is -2.23. The maximum atomic E-state index is 11.6. The fraction of sp³-hybridized carbons (Fsp3) is 0.308. The quantitative estimate of drug-likeness (QED) is 0.626. The van der Waals surface area contributed by atoms with E-state index in [9.17, 15) is 4.79 Å². The van der Waals surface area contributed by atoms with E-state index in [-0.39, 0.29) is 5.69 Å². The SMILES string of the molecule is Cn1cnn(CCCOc2ccccc2C(N)=S)c1=O. The minimum absolute atomic E-state index is 0.131. The molecule has 6 nitrogen and oxygen atoms in total. The van der Waals surface area contributed by atoms with Crippen molar-refractivity contribution in [2.75, 3.05) is 6.61 Å². The number of para-hydroxylation sites is 1. The summed E-state index contributed by atoms with van der Waals surface area (Å²) in [6, 6.07) is 7.36. The molecule has 2 rings (SSSR count). The molecule has 7 heteroatoms. The lowest BCUT2D eigenvalue weighted by molar-refractivity contribution is 0.297. The van der Waals surface area contributed by atoms with Gasteiger partial charge >= 0.3 is 5.69 Å². The van der Waals surface area contributed by atoms with Crippen LogP contribution in [0.2, 0.25) is 0 Å². The van der Waals surface area contributed by atoms with Gasteiger partial charge in [-0.1, -0.05) is 24.4 Å². The Morgan fingerprint density at radius 1 is 1.45 bits per heavy atom. The van der Waals surface area contributed by atoms with Crippen molar-refractivity contribution in [3.8, 4) is 5.75 Å². The Morgan fingerprint density at radius 3 is 2.85 bits per heavy atom. The minimum Gasteiger partial charge on any atom is -0.493 e. The van der Waals surface area contributed by atoms with Gasteiger partial charge in [-0.15, -0.1) is 0 Å². The maximum Gasteiger partial charge on any atom is 0.345 e. The molecule has 0 spiro atoms. The molecule has 0 saturated heterocycles. The summed E-state index contributed by atoms with van der Waals surface area (Å²) in [5.74, 6) is 0.661. The lowest BCUT2D eigenvalue weighted by atomic mass is 10.2. The molecule has 106 valence electrons. The molecular weight excluding hydrogens is 276 g/mol. The second kappa shape index (κ2) is 6.33. The van der Waals surface area contributed by atoms with E-state index < -0.39 is 0 Å². The highest BCUT2D eigenvalue weighted by Gasteiger charge is 2.05. The van der Waals surface area contributed by atoms with Crippen LogP contribution in [0, 0.1) is 0 Å². The van der Waals surface area contributed by atoms with Gasteiger partial charge in [-0.3, -0.25) is 4.57 Å².